The van der Waals surface area contributed by atoms with E-state index in [9.17, 15) is 10.0 Å². The number of nitrogens with one attached hydrogen (secondary N) is 1. The summed E-state index contributed by atoms with van der Waals surface area (Å²) in [6.45, 7) is 9.09. The van der Waals surface area contributed by atoms with Crippen LogP contribution in [0.2, 0.25) is 0 Å². The number of unbranched alkanes of at least 4 members (excludes halogenated alkanes) is 2. The van der Waals surface area contributed by atoms with Gasteiger partial charge in [0.2, 0.25) is 5.91 Å². The molecule has 1 fully saturated rings. The van der Waals surface area contributed by atoms with E-state index >= 15 is 0 Å². The number of carbonyl (C=O) groups excluding carboxylic acids is 1. The Bertz CT molecular complexity index is 539. The third-order valence-electron chi connectivity index (χ3n) is 5.10. The topological polar surface area (TPSA) is 56.5 Å². The minimum Gasteiger partial charge on any atom is -0.353 e. The lowest BCUT2D eigenvalue weighted by Crippen LogP contribution is -2.62. The highest BCUT2D eigenvalue weighted by molar-refractivity contribution is 5.76. The van der Waals surface area contributed by atoms with Crippen LogP contribution in [0.5, 0.6) is 0 Å². The Balaban J connectivity index is 1.68. The Labute approximate surface area is 152 Å². The molecule has 0 aromatic carbocycles. The minimum absolute atomic E-state index is 0.126. The van der Waals surface area contributed by atoms with Crippen LogP contribution in [0, 0.1) is 0 Å². The van der Waals surface area contributed by atoms with E-state index < -0.39 is 0 Å². The second-order valence-corrected chi connectivity index (χ2v) is 8.53. The van der Waals surface area contributed by atoms with Gasteiger partial charge in [0.25, 0.3) is 0 Å². The zero-order valence-corrected chi connectivity index (χ0v) is 16.2. The molecule has 1 saturated heterocycles. The van der Waals surface area contributed by atoms with Crippen LogP contribution in [0.4, 0.5) is 0 Å². The standard InChI is InChI=1S/C20H33N3O2/c1-19(2)15-17(16-20(3,4)23(19)25)21-18(24)11-7-5-8-12-22-13-9-6-10-14-22/h6,9-10,13-14,17,25H,5,7-8,11-12,15-16H2,1-4H3/p+1. The van der Waals surface area contributed by atoms with Crippen molar-refractivity contribution in [2.75, 3.05) is 0 Å². The number of aromatic nitrogens is 1. The Morgan fingerprint density at radius 2 is 1.68 bits per heavy atom. The molecular weight excluding hydrogens is 314 g/mol. The molecule has 1 aliphatic heterocycles. The molecule has 2 rings (SSSR count). The number of rotatable bonds is 7. The van der Waals surface area contributed by atoms with Crippen molar-refractivity contribution in [1.82, 2.24) is 10.4 Å². The van der Waals surface area contributed by atoms with E-state index in [2.05, 4.69) is 22.3 Å². The maximum Gasteiger partial charge on any atom is 0.220 e. The van der Waals surface area contributed by atoms with Gasteiger partial charge in [-0.25, -0.2) is 4.57 Å². The molecule has 140 valence electrons. The maximum atomic E-state index is 12.3. The van der Waals surface area contributed by atoms with Gasteiger partial charge in [-0.1, -0.05) is 6.07 Å². The summed E-state index contributed by atoms with van der Waals surface area (Å²) < 4.78 is 2.17. The Kier molecular flexibility index (Phi) is 6.58. The van der Waals surface area contributed by atoms with Crippen LogP contribution in [0.25, 0.3) is 0 Å². The normalized spacial score (nSPS) is 20.4. The maximum absolute atomic E-state index is 12.3. The molecular formula is C20H34N3O2+. The van der Waals surface area contributed by atoms with Crippen molar-refractivity contribution in [3.05, 3.63) is 30.6 Å². The van der Waals surface area contributed by atoms with Gasteiger partial charge in [-0.15, -0.1) is 0 Å². The molecule has 2 N–H and O–H groups in total. The van der Waals surface area contributed by atoms with Gasteiger partial charge < -0.3 is 10.5 Å². The van der Waals surface area contributed by atoms with Gasteiger partial charge in [-0.05, 0) is 53.4 Å². The second kappa shape index (κ2) is 8.28. The molecule has 2 heterocycles. The van der Waals surface area contributed by atoms with E-state index in [1.54, 1.807) is 0 Å². The molecule has 0 spiro atoms. The number of hydrogen-bond donors (Lipinski definition) is 2. The Morgan fingerprint density at radius 1 is 1.08 bits per heavy atom. The summed E-state index contributed by atoms with van der Waals surface area (Å²) in [5.41, 5.74) is -0.654. The molecule has 0 atom stereocenters. The van der Waals surface area contributed by atoms with Gasteiger partial charge in [-0.3, -0.25) is 4.79 Å². The predicted molar refractivity (Wildman–Crippen MR) is 98.1 cm³/mol. The molecule has 1 aromatic rings. The fourth-order valence-electron chi connectivity index (χ4n) is 4.01. The van der Waals surface area contributed by atoms with Gasteiger partial charge in [0.15, 0.2) is 12.4 Å². The molecule has 1 amide bonds. The molecule has 5 nitrogen and oxygen atoms in total. The van der Waals surface area contributed by atoms with Crippen LogP contribution in [0.3, 0.4) is 0 Å². The Morgan fingerprint density at radius 3 is 2.28 bits per heavy atom. The SMILES string of the molecule is CC1(C)CC(NC(=O)CCCCC[n+]2ccccc2)CC(C)(C)N1O. The summed E-state index contributed by atoms with van der Waals surface area (Å²) in [7, 11) is 0. The summed E-state index contributed by atoms with van der Waals surface area (Å²) in [6, 6.07) is 6.22. The molecule has 5 heteroatoms. The molecule has 0 aliphatic carbocycles. The number of aryl methyl sites for hydroxylation is 1. The molecule has 0 bridgehead atoms. The van der Waals surface area contributed by atoms with Crippen LogP contribution in [-0.4, -0.2) is 33.3 Å². The lowest BCUT2D eigenvalue weighted by Gasteiger charge is -2.51. The van der Waals surface area contributed by atoms with E-state index in [1.165, 1.54) is 5.06 Å². The van der Waals surface area contributed by atoms with Crippen molar-refractivity contribution in [3.8, 4) is 0 Å². The molecule has 0 radical (unpaired) electrons. The molecule has 1 aliphatic rings. The minimum atomic E-state index is -0.327. The highest BCUT2D eigenvalue weighted by atomic mass is 16.5. The van der Waals surface area contributed by atoms with Crippen molar-refractivity contribution in [1.29, 1.82) is 0 Å². The van der Waals surface area contributed by atoms with Gasteiger partial charge in [-0.2, -0.15) is 5.06 Å². The summed E-state index contributed by atoms with van der Waals surface area (Å²) in [4.78, 5) is 12.3. The Hall–Kier alpha value is -1.46. The first kappa shape index (κ1) is 19.9. The fourth-order valence-corrected chi connectivity index (χ4v) is 4.01. The molecule has 1 aromatic heterocycles. The lowest BCUT2D eigenvalue weighted by atomic mass is 9.79. The van der Waals surface area contributed by atoms with E-state index in [4.69, 9.17) is 0 Å². The number of carbonyl (C=O) groups is 1. The summed E-state index contributed by atoms with van der Waals surface area (Å²) in [5, 5.41) is 15.0. The van der Waals surface area contributed by atoms with E-state index in [0.717, 1.165) is 38.6 Å². The monoisotopic (exact) mass is 348 g/mol. The smallest absolute Gasteiger partial charge is 0.220 e. The fraction of sp³-hybridized carbons (Fsp3) is 0.700. The van der Waals surface area contributed by atoms with Crippen LogP contribution in [0.1, 0.15) is 66.2 Å². The van der Waals surface area contributed by atoms with E-state index in [-0.39, 0.29) is 23.0 Å². The summed E-state index contributed by atoms with van der Waals surface area (Å²) >= 11 is 0. The summed E-state index contributed by atoms with van der Waals surface area (Å²) in [6.07, 6.45) is 9.33. The number of hydroxylamine groups is 2. The van der Waals surface area contributed by atoms with Gasteiger partial charge in [0.05, 0.1) is 0 Å². The van der Waals surface area contributed by atoms with Crippen molar-refractivity contribution in [2.24, 2.45) is 0 Å². The van der Waals surface area contributed by atoms with Crippen LogP contribution >= 0.6 is 0 Å². The molecule has 0 unspecified atom stereocenters. The number of pyridine rings is 1. The van der Waals surface area contributed by atoms with Gasteiger partial charge in [0.1, 0.15) is 6.54 Å². The van der Waals surface area contributed by atoms with Crippen molar-refractivity contribution in [3.63, 3.8) is 0 Å². The zero-order chi connectivity index (χ0) is 18.5. The van der Waals surface area contributed by atoms with Crippen LogP contribution in [0.15, 0.2) is 30.6 Å². The van der Waals surface area contributed by atoms with Crippen molar-refractivity contribution in [2.45, 2.75) is 89.9 Å². The van der Waals surface area contributed by atoms with Gasteiger partial charge >= 0.3 is 0 Å². The lowest BCUT2D eigenvalue weighted by molar-refractivity contribution is -0.697. The first-order chi connectivity index (χ1) is 11.7. The number of piperidine rings is 1. The van der Waals surface area contributed by atoms with Crippen molar-refractivity contribution >= 4 is 5.91 Å². The zero-order valence-electron chi connectivity index (χ0n) is 16.2. The van der Waals surface area contributed by atoms with E-state index in [1.807, 2.05) is 45.9 Å². The van der Waals surface area contributed by atoms with E-state index in [0.29, 0.717) is 6.42 Å². The quantitative estimate of drug-likeness (QED) is 0.588. The summed E-state index contributed by atoms with van der Waals surface area (Å²) in [5.74, 6) is 0.135. The van der Waals surface area contributed by atoms with Crippen LogP contribution in [-0.2, 0) is 11.3 Å². The van der Waals surface area contributed by atoms with Crippen LogP contribution < -0.4 is 9.88 Å². The first-order valence-corrected chi connectivity index (χ1v) is 9.43. The molecule has 25 heavy (non-hydrogen) atoms. The molecule has 0 saturated carbocycles. The average Bonchev–Trinajstić information content (AvgIpc) is 2.52. The third-order valence-corrected chi connectivity index (χ3v) is 5.10. The van der Waals surface area contributed by atoms with Gasteiger partial charge in [0, 0.05) is 42.1 Å². The highest BCUT2D eigenvalue weighted by Crippen LogP contribution is 2.36. The average molecular weight is 349 g/mol. The number of hydrogen-bond acceptors (Lipinski definition) is 3. The number of nitrogens with zero attached hydrogens (tertiary/aromatic N) is 2. The van der Waals surface area contributed by atoms with Crippen molar-refractivity contribution < 1.29 is 14.6 Å². The predicted octanol–water partition coefficient (Wildman–Crippen LogP) is 3.06. The third kappa shape index (κ3) is 5.79. The first-order valence-electron chi connectivity index (χ1n) is 9.43. The second-order valence-electron chi connectivity index (χ2n) is 8.53. The highest BCUT2D eigenvalue weighted by Gasteiger charge is 2.45. The largest absolute Gasteiger partial charge is 0.353 e. The number of amides is 1.